The van der Waals surface area contributed by atoms with Crippen LogP contribution in [0.4, 0.5) is 0 Å². The van der Waals surface area contributed by atoms with Crippen molar-refractivity contribution in [3.63, 3.8) is 0 Å². The molecule has 114 valence electrons. The van der Waals surface area contributed by atoms with Crippen molar-refractivity contribution >= 4 is 0 Å². The molecule has 0 aliphatic heterocycles. The van der Waals surface area contributed by atoms with Crippen LogP contribution in [0.2, 0.25) is 0 Å². The third-order valence-electron chi connectivity index (χ3n) is 4.87. The number of nitrogens with zero attached hydrogens (tertiary/aromatic N) is 1. The molecule has 0 saturated heterocycles. The van der Waals surface area contributed by atoms with Gasteiger partial charge in [-0.15, -0.1) is 0 Å². The van der Waals surface area contributed by atoms with Crippen LogP contribution in [0.15, 0.2) is 24.3 Å². The van der Waals surface area contributed by atoms with Crippen LogP contribution in [-0.4, -0.2) is 12.2 Å². The fraction of sp³-hybridized carbons (Fsp3) is 0.611. The van der Waals surface area contributed by atoms with E-state index < -0.39 is 11.5 Å². The van der Waals surface area contributed by atoms with Gasteiger partial charge < -0.3 is 9.84 Å². The molecule has 0 spiro atoms. The molecule has 1 aromatic carbocycles. The zero-order valence-corrected chi connectivity index (χ0v) is 13.0. The van der Waals surface area contributed by atoms with Crippen LogP contribution in [0.25, 0.3) is 0 Å². The summed E-state index contributed by atoms with van der Waals surface area (Å²) in [6, 6.07) is 9.83. The normalized spacial score (nSPS) is 26.9. The second-order valence-electron chi connectivity index (χ2n) is 6.18. The number of methoxy groups -OCH3 is 1. The molecule has 0 aromatic heterocycles. The SMILES string of the molecule is CCCC1CCC(C#N)(C(O)c2ccc(OC)cc2)CC1. The lowest BCUT2D eigenvalue weighted by Gasteiger charge is -2.38. The molecule has 0 amide bonds. The lowest BCUT2D eigenvalue weighted by Crippen LogP contribution is -2.32. The van der Waals surface area contributed by atoms with Crippen molar-refractivity contribution < 1.29 is 9.84 Å². The minimum Gasteiger partial charge on any atom is -0.497 e. The molecule has 1 fully saturated rings. The zero-order chi connectivity index (χ0) is 15.3. The standard InChI is InChI=1S/C18H25NO2/c1-3-4-14-9-11-18(13-19,12-10-14)17(20)15-5-7-16(21-2)8-6-15/h5-8,14,17,20H,3-4,9-12H2,1-2H3. The van der Waals surface area contributed by atoms with E-state index in [4.69, 9.17) is 4.74 Å². The van der Waals surface area contributed by atoms with Gasteiger partial charge in [-0.1, -0.05) is 31.9 Å². The number of hydrogen-bond donors (Lipinski definition) is 1. The lowest BCUT2D eigenvalue weighted by molar-refractivity contribution is 0.0236. The van der Waals surface area contributed by atoms with Gasteiger partial charge >= 0.3 is 0 Å². The number of ether oxygens (including phenoxy) is 1. The fourth-order valence-electron chi connectivity index (χ4n) is 3.44. The van der Waals surface area contributed by atoms with Crippen molar-refractivity contribution in [1.29, 1.82) is 5.26 Å². The topological polar surface area (TPSA) is 53.2 Å². The van der Waals surface area contributed by atoms with Crippen LogP contribution >= 0.6 is 0 Å². The first kappa shape index (κ1) is 15.9. The third-order valence-corrected chi connectivity index (χ3v) is 4.87. The van der Waals surface area contributed by atoms with E-state index in [1.54, 1.807) is 7.11 Å². The highest BCUT2D eigenvalue weighted by Gasteiger charge is 2.42. The van der Waals surface area contributed by atoms with Crippen LogP contribution in [0.5, 0.6) is 5.75 Å². The molecule has 0 heterocycles. The van der Waals surface area contributed by atoms with Crippen LogP contribution in [0, 0.1) is 22.7 Å². The van der Waals surface area contributed by atoms with Gasteiger partial charge in [-0.25, -0.2) is 0 Å². The smallest absolute Gasteiger partial charge is 0.118 e. The van der Waals surface area contributed by atoms with Gasteiger partial charge in [-0.2, -0.15) is 5.26 Å². The Morgan fingerprint density at radius 1 is 1.33 bits per heavy atom. The van der Waals surface area contributed by atoms with Crippen LogP contribution in [0.3, 0.4) is 0 Å². The Hall–Kier alpha value is -1.53. The van der Waals surface area contributed by atoms with Gasteiger partial charge in [0.05, 0.1) is 24.7 Å². The first-order chi connectivity index (χ1) is 10.1. The predicted octanol–water partition coefficient (Wildman–Crippen LogP) is 4.23. The van der Waals surface area contributed by atoms with Crippen molar-refractivity contribution in [2.24, 2.45) is 11.3 Å². The Morgan fingerprint density at radius 2 is 1.95 bits per heavy atom. The summed E-state index contributed by atoms with van der Waals surface area (Å²) in [5.74, 6) is 1.49. The predicted molar refractivity (Wildman–Crippen MR) is 82.9 cm³/mol. The molecule has 21 heavy (non-hydrogen) atoms. The van der Waals surface area contributed by atoms with Gasteiger partial charge in [-0.05, 0) is 49.3 Å². The van der Waals surface area contributed by atoms with E-state index in [0.717, 1.165) is 42.9 Å². The number of aliphatic hydroxyl groups is 1. The van der Waals surface area contributed by atoms with Crippen LogP contribution in [0.1, 0.15) is 57.1 Å². The van der Waals surface area contributed by atoms with E-state index in [9.17, 15) is 10.4 Å². The summed E-state index contributed by atoms with van der Waals surface area (Å²) in [4.78, 5) is 0. The summed E-state index contributed by atoms with van der Waals surface area (Å²) in [5.41, 5.74) is 0.185. The van der Waals surface area contributed by atoms with Crippen molar-refractivity contribution in [2.45, 2.75) is 51.6 Å². The maximum atomic E-state index is 10.7. The Morgan fingerprint density at radius 3 is 2.43 bits per heavy atom. The first-order valence-electron chi connectivity index (χ1n) is 7.88. The molecular formula is C18H25NO2. The van der Waals surface area contributed by atoms with Gasteiger partial charge in [0, 0.05) is 0 Å². The Labute approximate surface area is 127 Å². The molecule has 3 nitrogen and oxygen atoms in total. The maximum absolute atomic E-state index is 10.7. The van der Waals surface area contributed by atoms with Crippen molar-refractivity contribution in [1.82, 2.24) is 0 Å². The Bertz CT molecular complexity index is 481. The second kappa shape index (κ2) is 6.95. The number of nitriles is 1. The molecule has 2 rings (SSSR count). The van der Waals surface area contributed by atoms with Gasteiger partial charge in [0.1, 0.15) is 5.75 Å². The fourth-order valence-corrected chi connectivity index (χ4v) is 3.44. The van der Waals surface area contributed by atoms with E-state index in [1.165, 1.54) is 12.8 Å². The summed E-state index contributed by atoms with van der Waals surface area (Å²) in [6.07, 6.45) is 5.41. The average Bonchev–Trinajstić information content (AvgIpc) is 2.55. The minimum absolute atomic E-state index is 0.626. The van der Waals surface area contributed by atoms with Crippen molar-refractivity contribution in [3.8, 4) is 11.8 Å². The molecule has 1 aliphatic rings. The molecule has 1 N–H and O–H groups in total. The Balaban J connectivity index is 2.11. The highest BCUT2D eigenvalue weighted by atomic mass is 16.5. The van der Waals surface area contributed by atoms with Gasteiger partial charge in [0.15, 0.2) is 0 Å². The first-order valence-corrected chi connectivity index (χ1v) is 7.88. The van der Waals surface area contributed by atoms with E-state index in [-0.39, 0.29) is 0 Å². The summed E-state index contributed by atoms with van der Waals surface area (Å²) >= 11 is 0. The lowest BCUT2D eigenvalue weighted by atomic mass is 9.66. The molecule has 1 aromatic rings. The molecule has 3 heteroatoms. The molecule has 1 atom stereocenters. The summed E-state index contributed by atoms with van der Waals surface area (Å²) in [5, 5.41) is 20.4. The van der Waals surface area contributed by atoms with Gasteiger partial charge in [0.25, 0.3) is 0 Å². The monoisotopic (exact) mass is 287 g/mol. The number of aliphatic hydroxyl groups excluding tert-OH is 1. The number of benzene rings is 1. The van der Waals surface area contributed by atoms with Crippen LogP contribution in [-0.2, 0) is 0 Å². The maximum Gasteiger partial charge on any atom is 0.118 e. The third kappa shape index (κ3) is 3.39. The van der Waals surface area contributed by atoms with E-state index in [2.05, 4.69) is 13.0 Å². The summed E-state index contributed by atoms with van der Waals surface area (Å²) < 4.78 is 5.14. The van der Waals surface area contributed by atoms with Gasteiger partial charge in [0.2, 0.25) is 0 Å². The molecule has 1 unspecified atom stereocenters. The second-order valence-corrected chi connectivity index (χ2v) is 6.18. The molecular weight excluding hydrogens is 262 g/mol. The minimum atomic E-state index is -0.712. The molecule has 0 radical (unpaired) electrons. The quantitative estimate of drug-likeness (QED) is 0.881. The number of rotatable bonds is 5. The molecule has 1 saturated carbocycles. The Kier molecular flexibility index (Phi) is 5.25. The van der Waals surface area contributed by atoms with E-state index in [0.29, 0.717) is 0 Å². The molecule has 0 bridgehead atoms. The average molecular weight is 287 g/mol. The zero-order valence-electron chi connectivity index (χ0n) is 13.0. The molecule has 1 aliphatic carbocycles. The van der Waals surface area contributed by atoms with Crippen molar-refractivity contribution in [2.75, 3.05) is 7.11 Å². The van der Waals surface area contributed by atoms with Crippen LogP contribution < -0.4 is 4.74 Å². The number of hydrogen-bond acceptors (Lipinski definition) is 3. The largest absolute Gasteiger partial charge is 0.497 e. The highest BCUT2D eigenvalue weighted by molar-refractivity contribution is 5.30. The van der Waals surface area contributed by atoms with Crippen molar-refractivity contribution in [3.05, 3.63) is 29.8 Å². The highest BCUT2D eigenvalue weighted by Crippen LogP contribution is 2.48. The summed E-state index contributed by atoms with van der Waals surface area (Å²) in [6.45, 7) is 2.21. The van der Waals surface area contributed by atoms with E-state index in [1.807, 2.05) is 24.3 Å². The summed E-state index contributed by atoms with van der Waals surface area (Å²) in [7, 11) is 1.62. The van der Waals surface area contributed by atoms with Gasteiger partial charge in [-0.3, -0.25) is 0 Å². The van der Waals surface area contributed by atoms with E-state index >= 15 is 0 Å².